The number of rotatable bonds is 8. The van der Waals surface area contributed by atoms with Crippen LogP contribution in [0.3, 0.4) is 0 Å². The van der Waals surface area contributed by atoms with Gasteiger partial charge in [0.1, 0.15) is 17.7 Å². The van der Waals surface area contributed by atoms with E-state index in [-0.39, 0.29) is 5.91 Å². The summed E-state index contributed by atoms with van der Waals surface area (Å²) < 4.78 is 19.1. The van der Waals surface area contributed by atoms with Gasteiger partial charge in [-0.2, -0.15) is 0 Å². The van der Waals surface area contributed by atoms with Crippen LogP contribution in [0.1, 0.15) is 39.8 Å². The van der Waals surface area contributed by atoms with Crippen LogP contribution in [0.4, 0.5) is 14.9 Å². The first-order valence-corrected chi connectivity index (χ1v) is 10.3. The summed E-state index contributed by atoms with van der Waals surface area (Å²) in [5.41, 5.74) is 1.41. The highest BCUT2D eigenvalue weighted by atomic mass is 19.1. The van der Waals surface area contributed by atoms with Crippen LogP contribution >= 0.6 is 0 Å². The molecule has 8 heteroatoms. The van der Waals surface area contributed by atoms with Gasteiger partial charge in [-0.3, -0.25) is 4.79 Å². The van der Waals surface area contributed by atoms with E-state index in [0.717, 1.165) is 0 Å². The number of alkyl carbamates (subject to hydrolysis) is 1. The number of anilines is 1. The Bertz CT molecular complexity index is 999. The van der Waals surface area contributed by atoms with Gasteiger partial charge in [-0.15, -0.1) is 6.58 Å². The van der Waals surface area contributed by atoms with Crippen LogP contribution in [0.15, 0.2) is 49.3 Å². The Balaban J connectivity index is 2.08. The number of amides is 2. The van der Waals surface area contributed by atoms with Crippen molar-refractivity contribution >= 4 is 23.8 Å². The fraction of sp³-hybridized carbons (Fsp3) is 0.333. The summed E-state index contributed by atoms with van der Waals surface area (Å²) in [6.45, 7) is 11.1. The van der Waals surface area contributed by atoms with E-state index >= 15 is 0 Å². The molecule has 1 atom stereocenters. The van der Waals surface area contributed by atoms with Crippen molar-refractivity contribution in [1.82, 2.24) is 15.3 Å². The van der Waals surface area contributed by atoms with Crippen molar-refractivity contribution in [2.75, 3.05) is 11.9 Å². The monoisotopic (exact) mass is 440 g/mol. The first-order valence-electron chi connectivity index (χ1n) is 10.3. The van der Waals surface area contributed by atoms with Crippen LogP contribution < -0.4 is 10.6 Å². The number of carbonyl (C=O) groups is 2. The Morgan fingerprint density at radius 2 is 2.00 bits per heavy atom. The predicted octanol–water partition coefficient (Wildman–Crippen LogP) is 4.97. The van der Waals surface area contributed by atoms with Crippen LogP contribution in [0.25, 0.3) is 17.3 Å². The Labute approximate surface area is 187 Å². The molecule has 32 heavy (non-hydrogen) atoms. The van der Waals surface area contributed by atoms with Gasteiger partial charge in [0.15, 0.2) is 0 Å². The zero-order chi connectivity index (χ0) is 23.7. The first kappa shape index (κ1) is 24.7. The van der Waals surface area contributed by atoms with Crippen molar-refractivity contribution in [3.8, 4) is 11.3 Å². The molecule has 0 fully saturated rings. The average Bonchev–Trinajstić information content (AvgIpc) is 2.73. The van der Waals surface area contributed by atoms with E-state index in [9.17, 15) is 14.0 Å². The second-order valence-corrected chi connectivity index (χ2v) is 8.15. The number of nitrogens with zero attached hydrogens (tertiary/aromatic N) is 2. The molecule has 0 unspecified atom stereocenters. The van der Waals surface area contributed by atoms with Crippen LogP contribution in [0, 0.1) is 11.7 Å². The summed E-state index contributed by atoms with van der Waals surface area (Å²) in [5, 5.41) is 5.46. The molecule has 0 spiro atoms. The molecule has 0 aliphatic carbocycles. The lowest BCUT2D eigenvalue weighted by Crippen LogP contribution is -2.32. The zero-order valence-corrected chi connectivity index (χ0v) is 18.8. The molecule has 0 aliphatic heterocycles. The molecule has 0 radical (unpaired) electrons. The molecule has 0 saturated heterocycles. The van der Waals surface area contributed by atoms with Crippen molar-refractivity contribution in [2.24, 2.45) is 5.92 Å². The number of hydrogen-bond donors (Lipinski definition) is 2. The SMILES string of the molecule is C=C[C@@H](C)C(=O)Nc1ccc(F)cc1-c1cc(C=CCCNC(=O)OC(C)(C)C)ncn1. The van der Waals surface area contributed by atoms with E-state index in [1.807, 2.05) is 6.08 Å². The highest BCUT2D eigenvalue weighted by Crippen LogP contribution is 2.28. The van der Waals surface area contributed by atoms with Gasteiger partial charge < -0.3 is 15.4 Å². The van der Waals surface area contributed by atoms with E-state index in [1.54, 1.807) is 39.8 Å². The van der Waals surface area contributed by atoms with Crippen molar-refractivity contribution in [3.05, 3.63) is 60.8 Å². The van der Waals surface area contributed by atoms with Gasteiger partial charge in [-0.05, 0) is 57.5 Å². The summed E-state index contributed by atoms with van der Waals surface area (Å²) in [5.74, 6) is -1.09. The van der Waals surface area contributed by atoms with Crippen molar-refractivity contribution in [1.29, 1.82) is 0 Å². The minimum atomic E-state index is -0.545. The first-order chi connectivity index (χ1) is 15.1. The predicted molar refractivity (Wildman–Crippen MR) is 123 cm³/mol. The largest absolute Gasteiger partial charge is 0.444 e. The second-order valence-electron chi connectivity index (χ2n) is 8.15. The number of halogens is 1. The highest BCUT2D eigenvalue weighted by molar-refractivity contribution is 5.97. The molecule has 170 valence electrons. The van der Waals surface area contributed by atoms with Crippen LogP contribution in [0.5, 0.6) is 0 Å². The smallest absolute Gasteiger partial charge is 0.407 e. The molecule has 0 bridgehead atoms. The number of nitrogens with one attached hydrogen (secondary N) is 2. The van der Waals surface area contributed by atoms with E-state index in [4.69, 9.17) is 4.74 Å². The van der Waals surface area contributed by atoms with Gasteiger partial charge in [0.2, 0.25) is 5.91 Å². The Morgan fingerprint density at radius 3 is 2.69 bits per heavy atom. The third-order valence-electron chi connectivity index (χ3n) is 4.24. The second kappa shape index (κ2) is 11.2. The average molecular weight is 441 g/mol. The molecule has 1 aromatic heterocycles. The van der Waals surface area contributed by atoms with E-state index < -0.39 is 23.4 Å². The standard InChI is InChI=1S/C24H29FN4O3/c1-6-16(2)22(30)29-20-11-10-17(25)13-19(20)21-14-18(27-15-28-21)9-7-8-12-26-23(31)32-24(3,4)5/h6-7,9-11,13-16H,1,8,12H2,2-5H3,(H,26,31)(H,29,30)/t16-/m1/s1. The molecule has 2 amide bonds. The van der Waals surface area contributed by atoms with Crippen molar-refractivity contribution in [3.63, 3.8) is 0 Å². The van der Waals surface area contributed by atoms with Crippen LogP contribution in [0.2, 0.25) is 0 Å². The molecule has 1 heterocycles. The molecule has 1 aromatic carbocycles. The van der Waals surface area contributed by atoms with Crippen molar-refractivity contribution in [2.45, 2.75) is 39.7 Å². The maximum atomic E-state index is 13.9. The fourth-order valence-corrected chi connectivity index (χ4v) is 2.58. The Kier molecular flexibility index (Phi) is 8.63. The number of aromatic nitrogens is 2. The van der Waals surface area contributed by atoms with Gasteiger partial charge in [0.25, 0.3) is 0 Å². The summed E-state index contributed by atoms with van der Waals surface area (Å²) in [7, 11) is 0. The Hall–Kier alpha value is -3.55. The minimum absolute atomic E-state index is 0.250. The number of hydrogen-bond acceptors (Lipinski definition) is 5. The zero-order valence-electron chi connectivity index (χ0n) is 18.8. The fourth-order valence-electron chi connectivity index (χ4n) is 2.58. The summed E-state index contributed by atoms with van der Waals surface area (Å²) >= 11 is 0. The highest BCUT2D eigenvalue weighted by Gasteiger charge is 2.16. The maximum Gasteiger partial charge on any atom is 0.407 e. The number of ether oxygens (including phenoxy) is 1. The van der Waals surface area contributed by atoms with Gasteiger partial charge in [-0.25, -0.2) is 19.2 Å². The quantitative estimate of drug-likeness (QED) is 0.446. The van der Waals surface area contributed by atoms with Crippen LogP contribution in [-0.4, -0.2) is 34.1 Å². The van der Waals surface area contributed by atoms with Crippen LogP contribution in [-0.2, 0) is 9.53 Å². The van der Waals surface area contributed by atoms with Gasteiger partial charge in [-0.1, -0.05) is 19.1 Å². The maximum absolute atomic E-state index is 13.9. The molecule has 0 saturated carbocycles. The summed E-state index contributed by atoms with van der Waals surface area (Å²) in [4.78, 5) is 32.3. The molecule has 2 N–H and O–H groups in total. The summed E-state index contributed by atoms with van der Waals surface area (Å²) in [6, 6.07) is 5.78. The lowest BCUT2D eigenvalue weighted by atomic mass is 10.1. The van der Waals surface area contributed by atoms with E-state index in [2.05, 4.69) is 27.2 Å². The van der Waals surface area contributed by atoms with Gasteiger partial charge in [0, 0.05) is 12.1 Å². The topological polar surface area (TPSA) is 93.2 Å². The van der Waals surface area contributed by atoms with Gasteiger partial charge >= 0.3 is 6.09 Å². The normalized spacial score (nSPS) is 12.3. The third-order valence-corrected chi connectivity index (χ3v) is 4.24. The molecular formula is C24H29FN4O3. The van der Waals surface area contributed by atoms with E-state index in [1.165, 1.54) is 30.6 Å². The Morgan fingerprint density at radius 1 is 1.25 bits per heavy atom. The lowest BCUT2D eigenvalue weighted by Gasteiger charge is -2.19. The van der Waals surface area contributed by atoms with E-state index in [0.29, 0.717) is 35.6 Å². The minimum Gasteiger partial charge on any atom is -0.444 e. The third kappa shape index (κ3) is 7.94. The lowest BCUT2D eigenvalue weighted by molar-refractivity contribution is -0.118. The molecule has 2 aromatic rings. The van der Waals surface area contributed by atoms with Crippen molar-refractivity contribution < 1.29 is 18.7 Å². The molecule has 0 aliphatic rings. The molecular weight excluding hydrogens is 411 g/mol. The number of carbonyl (C=O) groups excluding carboxylic acids is 2. The number of benzene rings is 1. The molecule has 2 rings (SSSR count). The van der Waals surface area contributed by atoms with Gasteiger partial charge in [0.05, 0.1) is 23.0 Å². The summed E-state index contributed by atoms with van der Waals surface area (Å²) in [6.07, 6.45) is 6.63. The molecule has 7 nitrogen and oxygen atoms in total.